The number of carbonyl (C=O) groups is 1. The summed E-state index contributed by atoms with van der Waals surface area (Å²) in [7, 11) is 0. The van der Waals surface area contributed by atoms with Crippen LogP contribution >= 0.6 is 15.9 Å². The third kappa shape index (κ3) is 3.03. The van der Waals surface area contributed by atoms with Gasteiger partial charge in [-0.05, 0) is 37.8 Å². The fraction of sp³-hybridized carbons (Fsp3) is 0.500. The molecule has 0 aliphatic carbocycles. The highest BCUT2D eigenvalue weighted by atomic mass is 79.9. The molecule has 1 aliphatic heterocycles. The number of carbonyl (C=O) groups excluding carboxylic acids is 1. The highest BCUT2D eigenvalue weighted by molar-refractivity contribution is 9.10. The van der Waals surface area contributed by atoms with Gasteiger partial charge in [-0.1, -0.05) is 22.9 Å². The van der Waals surface area contributed by atoms with E-state index in [9.17, 15) is 18.0 Å². The van der Waals surface area contributed by atoms with Gasteiger partial charge in [-0.25, -0.2) is 4.98 Å². The Hall–Kier alpha value is -1.57. The number of hydrogen-bond acceptors (Lipinski definition) is 2. The number of aromatic nitrogens is 2. The average molecular weight is 404 g/mol. The van der Waals surface area contributed by atoms with Crippen LogP contribution in [0.15, 0.2) is 22.8 Å². The van der Waals surface area contributed by atoms with E-state index in [-0.39, 0.29) is 18.7 Å². The number of amides is 1. The summed E-state index contributed by atoms with van der Waals surface area (Å²) in [6, 6.07) is 1.83. The van der Waals surface area contributed by atoms with Gasteiger partial charge in [0.25, 0.3) is 5.91 Å². The normalized spacial score (nSPS) is 19.0. The van der Waals surface area contributed by atoms with Crippen LogP contribution in [0.25, 0.3) is 5.65 Å². The molecule has 130 valence electrons. The highest BCUT2D eigenvalue weighted by Crippen LogP contribution is 2.33. The molecule has 1 fully saturated rings. The zero-order valence-corrected chi connectivity index (χ0v) is 14.7. The monoisotopic (exact) mass is 403 g/mol. The van der Waals surface area contributed by atoms with Crippen LogP contribution in [0, 0.1) is 0 Å². The number of halogens is 4. The number of pyridine rings is 1. The highest BCUT2D eigenvalue weighted by Gasteiger charge is 2.47. The second kappa shape index (κ2) is 6.38. The summed E-state index contributed by atoms with van der Waals surface area (Å²) in [5.41, 5.74) is 1.30. The van der Waals surface area contributed by atoms with Gasteiger partial charge in [0.2, 0.25) is 0 Å². The van der Waals surface area contributed by atoms with Gasteiger partial charge in [0.05, 0.1) is 5.69 Å². The van der Waals surface area contributed by atoms with Crippen molar-refractivity contribution in [2.24, 2.45) is 0 Å². The van der Waals surface area contributed by atoms with Gasteiger partial charge in [0.1, 0.15) is 11.7 Å². The van der Waals surface area contributed by atoms with Gasteiger partial charge in [-0.3, -0.25) is 4.79 Å². The van der Waals surface area contributed by atoms with Gasteiger partial charge < -0.3 is 9.30 Å². The van der Waals surface area contributed by atoms with Crippen molar-refractivity contribution in [3.8, 4) is 0 Å². The second-order valence-corrected chi connectivity index (χ2v) is 6.80. The molecule has 0 radical (unpaired) electrons. The number of hydrogen-bond donors (Lipinski definition) is 0. The Balaban J connectivity index is 2.04. The van der Waals surface area contributed by atoms with Gasteiger partial charge in [0.15, 0.2) is 5.69 Å². The first-order valence-corrected chi connectivity index (χ1v) is 8.66. The molecule has 1 atom stereocenters. The SMILES string of the molecule is CCc1c(C(=O)N2CCCCC2C(F)(F)F)nc2cc(Br)ccn12. The number of fused-ring (bicyclic) bond motifs is 1. The van der Waals surface area contributed by atoms with Crippen LogP contribution in [0.3, 0.4) is 0 Å². The molecule has 2 aromatic heterocycles. The van der Waals surface area contributed by atoms with Crippen molar-refractivity contribution in [1.82, 2.24) is 14.3 Å². The second-order valence-electron chi connectivity index (χ2n) is 5.89. The molecule has 8 heteroatoms. The van der Waals surface area contributed by atoms with Crippen LogP contribution in [0.4, 0.5) is 13.2 Å². The van der Waals surface area contributed by atoms with Crippen molar-refractivity contribution < 1.29 is 18.0 Å². The summed E-state index contributed by atoms with van der Waals surface area (Å²) in [4.78, 5) is 18.1. The van der Waals surface area contributed by atoms with E-state index in [1.807, 2.05) is 13.0 Å². The molecule has 1 amide bonds. The van der Waals surface area contributed by atoms with Gasteiger partial charge in [-0.15, -0.1) is 0 Å². The Bertz CT molecular complexity index is 772. The number of alkyl halides is 3. The predicted octanol–water partition coefficient (Wildman–Crippen LogP) is 4.22. The van der Waals surface area contributed by atoms with Gasteiger partial charge in [-0.2, -0.15) is 13.2 Å². The Morgan fingerprint density at radius 1 is 1.42 bits per heavy atom. The van der Waals surface area contributed by atoms with Crippen molar-refractivity contribution >= 4 is 27.5 Å². The summed E-state index contributed by atoms with van der Waals surface area (Å²) in [5, 5.41) is 0. The molecule has 0 bridgehead atoms. The minimum absolute atomic E-state index is 0.0460. The topological polar surface area (TPSA) is 37.6 Å². The van der Waals surface area contributed by atoms with E-state index in [0.717, 1.165) is 9.37 Å². The van der Waals surface area contributed by atoms with Crippen LogP contribution in [-0.4, -0.2) is 39.0 Å². The largest absolute Gasteiger partial charge is 0.408 e. The molecule has 3 rings (SSSR count). The van der Waals surface area contributed by atoms with Crippen LogP contribution in [0.1, 0.15) is 42.4 Å². The summed E-state index contributed by atoms with van der Waals surface area (Å²) < 4.78 is 42.4. The lowest BCUT2D eigenvalue weighted by Crippen LogP contribution is -2.51. The smallest absolute Gasteiger partial charge is 0.325 e. The first-order chi connectivity index (χ1) is 11.3. The molecule has 3 heterocycles. The number of piperidine rings is 1. The maximum Gasteiger partial charge on any atom is 0.408 e. The van der Waals surface area contributed by atoms with E-state index in [1.165, 1.54) is 0 Å². The summed E-state index contributed by atoms with van der Waals surface area (Å²) >= 11 is 3.34. The van der Waals surface area contributed by atoms with E-state index in [1.54, 1.807) is 16.7 Å². The van der Waals surface area contributed by atoms with Crippen molar-refractivity contribution in [3.63, 3.8) is 0 Å². The Kier molecular flexibility index (Phi) is 4.59. The van der Waals surface area contributed by atoms with Crippen molar-refractivity contribution in [3.05, 3.63) is 34.2 Å². The molecular weight excluding hydrogens is 387 g/mol. The molecule has 1 unspecified atom stereocenters. The van der Waals surface area contributed by atoms with Crippen LogP contribution in [-0.2, 0) is 6.42 Å². The standard InChI is InChI=1S/C16H17BrF3N3O/c1-2-11-14(21-13-9-10(17)6-8-22(11)13)15(24)23-7-4-3-5-12(23)16(18,19)20/h6,8-9,12H,2-5,7H2,1H3. The Labute approximate surface area is 145 Å². The van der Waals surface area contributed by atoms with Crippen molar-refractivity contribution in [2.75, 3.05) is 6.54 Å². The molecule has 0 N–H and O–H groups in total. The van der Waals surface area contributed by atoms with E-state index in [2.05, 4.69) is 20.9 Å². The molecule has 1 saturated heterocycles. The van der Waals surface area contributed by atoms with E-state index >= 15 is 0 Å². The Morgan fingerprint density at radius 2 is 2.17 bits per heavy atom. The molecule has 24 heavy (non-hydrogen) atoms. The predicted molar refractivity (Wildman–Crippen MR) is 87.0 cm³/mol. The quantitative estimate of drug-likeness (QED) is 0.752. The van der Waals surface area contributed by atoms with Crippen molar-refractivity contribution in [2.45, 2.75) is 44.8 Å². The number of imidazole rings is 1. The van der Waals surface area contributed by atoms with Gasteiger partial charge in [0, 0.05) is 17.2 Å². The van der Waals surface area contributed by atoms with Crippen LogP contribution in [0.2, 0.25) is 0 Å². The lowest BCUT2D eigenvalue weighted by molar-refractivity contribution is -0.183. The van der Waals surface area contributed by atoms with Crippen molar-refractivity contribution in [1.29, 1.82) is 0 Å². The molecule has 0 saturated carbocycles. The molecule has 2 aromatic rings. The fourth-order valence-corrected chi connectivity index (χ4v) is 3.55. The number of nitrogens with zero attached hydrogens (tertiary/aromatic N) is 3. The van der Waals surface area contributed by atoms with Crippen LogP contribution < -0.4 is 0 Å². The van der Waals surface area contributed by atoms with Gasteiger partial charge >= 0.3 is 6.18 Å². The van der Waals surface area contributed by atoms with E-state index in [0.29, 0.717) is 30.6 Å². The first kappa shape index (κ1) is 17.3. The average Bonchev–Trinajstić information content (AvgIpc) is 2.90. The maximum atomic E-state index is 13.3. The molecule has 1 aliphatic rings. The van der Waals surface area contributed by atoms with E-state index in [4.69, 9.17) is 0 Å². The first-order valence-electron chi connectivity index (χ1n) is 7.87. The zero-order valence-electron chi connectivity index (χ0n) is 13.1. The maximum absolute atomic E-state index is 13.3. The third-order valence-corrected chi connectivity index (χ3v) is 4.86. The number of likely N-dealkylation sites (tertiary alicyclic amines) is 1. The van der Waals surface area contributed by atoms with Crippen LogP contribution in [0.5, 0.6) is 0 Å². The molecular formula is C16H17BrF3N3O. The zero-order chi connectivity index (χ0) is 17.5. The summed E-state index contributed by atoms with van der Waals surface area (Å²) in [5.74, 6) is -0.631. The molecule has 0 spiro atoms. The minimum Gasteiger partial charge on any atom is -0.325 e. The molecule has 0 aromatic carbocycles. The lowest BCUT2D eigenvalue weighted by atomic mass is 10.0. The summed E-state index contributed by atoms with van der Waals surface area (Å²) in [6.45, 7) is 1.98. The molecule has 4 nitrogen and oxygen atoms in total. The third-order valence-electron chi connectivity index (χ3n) is 4.37. The number of aryl methyl sites for hydroxylation is 1. The number of rotatable bonds is 2. The summed E-state index contributed by atoms with van der Waals surface area (Å²) in [6.07, 6.45) is -1.13. The van der Waals surface area contributed by atoms with E-state index < -0.39 is 18.1 Å². The minimum atomic E-state index is -4.41. The Morgan fingerprint density at radius 3 is 2.83 bits per heavy atom. The fourth-order valence-electron chi connectivity index (χ4n) is 3.23. The lowest BCUT2D eigenvalue weighted by Gasteiger charge is -2.36.